The van der Waals surface area contributed by atoms with Crippen molar-refractivity contribution in [3.05, 3.63) is 24.3 Å². The number of rotatable bonds is 6. The number of ether oxygens (including phenoxy) is 1. The van der Waals surface area contributed by atoms with Crippen molar-refractivity contribution in [1.29, 1.82) is 0 Å². The average molecular weight is 265 g/mol. The van der Waals surface area contributed by atoms with Gasteiger partial charge >= 0.3 is 0 Å². The van der Waals surface area contributed by atoms with Crippen molar-refractivity contribution in [1.82, 2.24) is 5.32 Å². The highest BCUT2D eigenvalue weighted by Gasteiger charge is 2.09. The van der Waals surface area contributed by atoms with E-state index in [4.69, 9.17) is 10.5 Å². The molecule has 1 atom stereocenters. The summed E-state index contributed by atoms with van der Waals surface area (Å²) in [5, 5.41) is 5.09. The van der Waals surface area contributed by atoms with Crippen molar-refractivity contribution >= 4 is 17.5 Å². The molecule has 2 amide bonds. The van der Waals surface area contributed by atoms with Gasteiger partial charge in [-0.05, 0) is 38.1 Å². The number of anilines is 1. The van der Waals surface area contributed by atoms with Gasteiger partial charge in [0.15, 0.2) is 0 Å². The summed E-state index contributed by atoms with van der Waals surface area (Å²) in [5.74, 6) is 0.0748. The summed E-state index contributed by atoms with van der Waals surface area (Å²) in [5.41, 5.74) is 6.00. The van der Waals surface area contributed by atoms with Crippen LogP contribution in [0.25, 0.3) is 0 Å². The van der Waals surface area contributed by atoms with Crippen molar-refractivity contribution in [3.63, 3.8) is 0 Å². The third-order valence-electron chi connectivity index (χ3n) is 2.29. The first kappa shape index (κ1) is 15.0. The lowest BCUT2D eigenvalue weighted by Gasteiger charge is -2.09. The second kappa shape index (κ2) is 7.38. The number of carbonyl (C=O) groups excluding carboxylic acids is 2. The number of nitrogens with two attached hydrogens (primary N) is 1. The molecule has 1 aromatic rings. The number of hydrogen-bond acceptors (Lipinski definition) is 4. The maximum atomic E-state index is 11.6. The quantitative estimate of drug-likeness (QED) is 0.697. The van der Waals surface area contributed by atoms with Gasteiger partial charge < -0.3 is 21.1 Å². The molecule has 0 aliphatic rings. The molecule has 0 heterocycles. The topological polar surface area (TPSA) is 93.5 Å². The zero-order chi connectivity index (χ0) is 14.3. The van der Waals surface area contributed by atoms with Crippen molar-refractivity contribution in [3.8, 4) is 5.75 Å². The number of amides is 2. The zero-order valence-electron chi connectivity index (χ0n) is 11.1. The fourth-order valence-corrected chi connectivity index (χ4v) is 1.33. The molecule has 0 radical (unpaired) electrons. The van der Waals surface area contributed by atoms with Gasteiger partial charge in [-0.2, -0.15) is 0 Å². The normalized spacial score (nSPS) is 11.5. The van der Waals surface area contributed by atoms with E-state index in [1.165, 1.54) is 0 Å². The molecule has 1 rings (SSSR count). The van der Waals surface area contributed by atoms with E-state index < -0.39 is 6.04 Å². The molecule has 0 spiro atoms. The Balaban J connectivity index is 2.42. The summed E-state index contributed by atoms with van der Waals surface area (Å²) in [6.45, 7) is 3.94. The highest BCUT2D eigenvalue weighted by Crippen LogP contribution is 2.15. The summed E-state index contributed by atoms with van der Waals surface area (Å²) < 4.78 is 5.29. The molecule has 0 aliphatic carbocycles. The van der Waals surface area contributed by atoms with Crippen LogP contribution in [0.2, 0.25) is 0 Å². The monoisotopic (exact) mass is 265 g/mol. The molecule has 104 valence electrons. The van der Waals surface area contributed by atoms with Gasteiger partial charge in [-0.1, -0.05) is 0 Å². The molecule has 0 aromatic heterocycles. The fraction of sp³-hybridized carbons (Fsp3) is 0.385. The van der Waals surface area contributed by atoms with Crippen LogP contribution in [0.5, 0.6) is 5.75 Å². The lowest BCUT2D eigenvalue weighted by molar-refractivity contribution is -0.124. The molecule has 0 saturated heterocycles. The van der Waals surface area contributed by atoms with Gasteiger partial charge in [0.1, 0.15) is 5.75 Å². The molecule has 0 fully saturated rings. The van der Waals surface area contributed by atoms with Gasteiger partial charge in [0, 0.05) is 5.69 Å². The van der Waals surface area contributed by atoms with Gasteiger partial charge in [-0.3, -0.25) is 9.59 Å². The van der Waals surface area contributed by atoms with Gasteiger partial charge in [-0.25, -0.2) is 0 Å². The van der Waals surface area contributed by atoms with Gasteiger partial charge in [0.05, 0.1) is 19.2 Å². The van der Waals surface area contributed by atoms with E-state index in [1.807, 2.05) is 6.92 Å². The summed E-state index contributed by atoms with van der Waals surface area (Å²) >= 11 is 0. The molecular weight excluding hydrogens is 246 g/mol. The highest BCUT2D eigenvalue weighted by molar-refractivity contribution is 5.95. The SMILES string of the molecule is CCOc1ccc(NC(=O)CNC(=O)[C@@H](C)N)cc1. The van der Waals surface area contributed by atoms with Crippen molar-refractivity contribution in [2.75, 3.05) is 18.5 Å². The first-order valence-corrected chi connectivity index (χ1v) is 6.09. The predicted octanol–water partition coefficient (Wildman–Crippen LogP) is 0.487. The Morgan fingerprint density at radius 2 is 1.95 bits per heavy atom. The smallest absolute Gasteiger partial charge is 0.243 e. The zero-order valence-corrected chi connectivity index (χ0v) is 11.1. The Morgan fingerprint density at radius 3 is 2.47 bits per heavy atom. The molecule has 4 N–H and O–H groups in total. The summed E-state index contributed by atoms with van der Waals surface area (Å²) in [6.07, 6.45) is 0. The van der Waals surface area contributed by atoms with E-state index in [0.29, 0.717) is 12.3 Å². The van der Waals surface area contributed by atoms with Crippen LogP contribution in [0.3, 0.4) is 0 Å². The Labute approximate surface area is 112 Å². The number of benzene rings is 1. The molecule has 1 aromatic carbocycles. The van der Waals surface area contributed by atoms with Crippen LogP contribution in [0.4, 0.5) is 5.69 Å². The third-order valence-corrected chi connectivity index (χ3v) is 2.29. The van der Waals surface area contributed by atoms with E-state index in [0.717, 1.165) is 5.75 Å². The molecule has 0 saturated carbocycles. The van der Waals surface area contributed by atoms with E-state index in [-0.39, 0.29) is 18.4 Å². The number of nitrogens with one attached hydrogen (secondary N) is 2. The van der Waals surface area contributed by atoms with E-state index in [1.54, 1.807) is 31.2 Å². The number of carbonyl (C=O) groups is 2. The summed E-state index contributed by atoms with van der Waals surface area (Å²) in [4.78, 5) is 22.7. The Hall–Kier alpha value is -2.08. The Morgan fingerprint density at radius 1 is 1.32 bits per heavy atom. The van der Waals surface area contributed by atoms with Gasteiger partial charge in [-0.15, -0.1) is 0 Å². The summed E-state index contributed by atoms with van der Waals surface area (Å²) in [7, 11) is 0. The first-order chi connectivity index (χ1) is 9.02. The first-order valence-electron chi connectivity index (χ1n) is 6.09. The molecule has 6 nitrogen and oxygen atoms in total. The number of hydrogen-bond donors (Lipinski definition) is 3. The van der Waals surface area contributed by atoms with Crippen LogP contribution in [0.15, 0.2) is 24.3 Å². The third kappa shape index (κ3) is 5.39. The molecule has 0 unspecified atom stereocenters. The van der Waals surface area contributed by atoms with Crippen molar-refractivity contribution in [2.45, 2.75) is 19.9 Å². The van der Waals surface area contributed by atoms with E-state index in [2.05, 4.69) is 10.6 Å². The van der Waals surface area contributed by atoms with Gasteiger partial charge in [0.25, 0.3) is 0 Å². The fourth-order valence-electron chi connectivity index (χ4n) is 1.33. The second-order valence-corrected chi connectivity index (χ2v) is 4.01. The average Bonchev–Trinajstić information content (AvgIpc) is 2.38. The van der Waals surface area contributed by atoms with Crippen LogP contribution in [-0.4, -0.2) is 31.0 Å². The van der Waals surface area contributed by atoms with Crippen LogP contribution < -0.4 is 21.1 Å². The van der Waals surface area contributed by atoms with E-state index in [9.17, 15) is 9.59 Å². The minimum atomic E-state index is -0.627. The molecule has 0 aliphatic heterocycles. The Kier molecular flexibility index (Phi) is 5.81. The lowest BCUT2D eigenvalue weighted by atomic mass is 10.3. The second-order valence-electron chi connectivity index (χ2n) is 4.01. The molecule has 6 heteroatoms. The minimum absolute atomic E-state index is 0.104. The van der Waals surface area contributed by atoms with Crippen LogP contribution >= 0.6 is 0 Å². The van der Waals surface area contributed by atoms with Crippen molar-refractivity contribution in [2.24, 2.45) is 5.73 Å². The van der Waals surface area contributed by atoms with Crippen LogP contribution in [0.1, 0.15) is 13.8 Å². The summed E-state index contributed by atoms with van der Waals surface area (Å²) in [6, 6.07) is 6.37. The highest BCUT2D eigenvalue weighted by atomic mass is 16.5. The maximum Gasteiger partial charge on any atom is 0.243 e. The largest absolute Gasteiger partial charge is 0.494 e. The standard InChI is InChI=1S/C13H19N3O3/c1-3-19-11-6-4-10(5-7-11)16-12(17)8-15-13(18)9(2)14/h4-7,9H,3,8,14H2,1-2H3,(H,15,18)(H,16,17)/t9-/m1/s1. The van der Waals surface area contributed by atoms with Gasteiger partial charge in [0.2, 0.25) is 11.8 Å². The maximum absolute atomic E-state index is 11.6. The molecule has 0 bridgehead atoms. The molecule has 19 heavy (non-hydrogen) atoms. The van der Waals surface area contributed by atoms with Crippen molar-refractivity contribution < 1.29 is 14.3 Å². The van der Waals surface area contributed by atoms with E-state index >= 15 is 0 Å². The lowest BCUT2D eigenvalue weighted by Crippen LogP contribution is -2.41. The van der Waals surface area contributed by atoms with Crippen LogP contribution in [0, 0.1) is 0 Å². The minimum Gasteiger partial charge on any atom is -0.494 e. The molecular formula is C13H19N3O3. The predicted molar refractivity (Wildman–Crippen MR) is 72.9 cm³/mol. The van der Waals surface area contributed by atoms with Crippen LogP contribution in [-0.2, 0) is 9.59 Å². The Bertz CT molecular complexity index is 429.